The van der Waals surface area contributed by atoms with Crippen molar-refractivity contribution in [2.45, 2.75) is 13.3 Å². The number of ether oxygens (including phenoxy) is 1. The second kappa shape index (κ2) is 4.60. The zero-order valence-corrected chi connectivity index (χ0v) is 6.49. The van der Waals surface area contributed by atoms with Crippen molar-refractivity contribution in [1.29, 1.82) is 0 Å². The van der Waals surface area contributed by atoms with Crippen molar-refractivity contribution in [2.75, 3.05) is 7.11 Å². The average Bonchev–Trinajstić information content (AvgIpc) is 1.98. The van der Waals surface area contributed by atoms with E-state index in [-0.39, 0.29) is 12.2 Å². The first-order chi connectivity index (χ1) is 5.11. The molecule has 0 aliphatic heterocycles. The van der Waals surface area contributed by atoms with Crippen molar-refractivity contribution in [3.05, 3.63) is 0 Å². The van der Waals surface area contributed by atoms with Crippen LogP contribution in [0.3, 0.4) is 0 Å². The van der Waals surface area contributed by atoms with Gasteiger partial charge in [0.15, 0.2) is 0 Å². The lowest BCUT2D eigenvalue weighted by Gasteiger charge is -2.03. The maximum Gasteiger partial charge on any atom is 0.316 e. The molecular weight excluding hydrogens is 148 g/mol. The molecule has 0 fully saturated rings. The average molecular weight is 158 g/mol. The van der Waals surface area contributed by atoms with Crippen LogP contribution in [0.15, 0.2) is 0 Å². The number of aldehydes is 1. The molecule has 11 heavy (non-hydrogen) atoms. The second-order valence-electron chi connectivity index (χ2n) is 2.17. The monoisotopic (exact) mass is 158 g/mol. The molecule has 4 nitrogen and oxygen atoms in total. The Morgan fingerprint density at radius 2 is 2.09 bits per heavy atom. The van der Waals surface area contributed by atoms with Crippen LogP contribution in [0.25, 0.3) is 0 Å². The predicted molar refractivity (Wildman–Crippen MR) is 36.9 cm³/mol. The molecule has 0 saturated heterocycles. The second-order valence-corrected chi connectivity index (χ2v) is 2.17. The van der Waals surface area contributed by atoms with Crippen LogP contribution in [0.5, 0.6) is 0 Å². The SMILES string of the molecule is COC(=O)C(C=O)CC(C)=O. The van der Waals surface area contributed by atoms with Gasteiger partial charge in [-0.2, -0.15) is 0 Å². The topological polar surface area (TPSA) is 60.4 Å². The molecule has 0 rings (SSSR count). The van der Waals surface area contributed by atoms with Crippen molar-refractivity contribution in [2.24, 2.45) is 5.92 Å². The summed E-state index contributed by atoms with van der Waals surface area (Å²) in [4.78, 5) is 31.3. The molecule has 0 bridgehead atoms. The highest BCUT2D eigenvalue weighted by Gasteiger charge is 2.19. The lowest BCUT2D eigenvalue weighted by atomic mass is 10.1. The molecule has 1 unspecified atom stereocenters. The van der Waals surface area contributed by atoms with Crippen LogP contribution in [0.2, 0.25) is 0 Å². The molecule has 0 aliphatic carbocycles. The van der Waals surface area contributed by atoms with Crippen LogP contribution in [-0.2, 0) is 19.1 Å². The van der Waals surface area contributed by atoms with E-state index in [9.17, 15) is 14.4 Å². The van der Waals surface area contributed by atoms with E-state index in [4.69, 9.17) is 0 Å². The molecule has 0 aliphatic rings. The number of ketones is 1. The summed E-state index contributed by atoms with van der Waals surface area (Å²) >= 11 is 0. The zero-order valence-electron chi connectivity index (χ0n) is 6.49. The van der Waals surface area contributed by atoms with E-state index in [1.54, 1.807) is 0 Å². The Bertz CT molecular complexity index is 173. The third-order valence-corrected chi connectivity index (χ3v) is 1.18. The molecule has 0 radical (unpaired) electrons. The molecule has 0 spiro atoms. The van der Waals surface area contributed by atoms with Gasteiger partial charge in [0.1, 0.15) is 18.0 Å². The van der Waals surface area contributed by atoms with Crippen LogP contribution in [-0.4, -0.2) is 25.1 Å². The standard InChI is InChI=1S/C7H10O4/c1-5(9)3-6(4-8)7(10)11-2/h4,6H,3H2,1-2H3. The number of carbonyl (C=O) groups is 3. The predicted octanol–water partition coefficient (Wildman–Crippen LogP) is -0.0464. The normalized spacial score (nSPS) is 11.8. The number of Topliss-reactive ketones (excluding diaryl/α,β-unsaturated/α-hetero) is 1. The lowest BCUT2D eigenvalue weighted by Crippen LogP contribution is -2.19. The molecule has 4 heteroatoms. The molecule has 0 aromatic carbocycles. The van der Waals surface area contributed by atoms with Crippen molar-refractivity contribution >= 4 is 18.0 Å². The lowest BCUT2D eigenvalue weighted by molar-refractivity contribution is -0.148. The molecular formula is C7H10O4. The number of carbonyl (C=O) groups excluding carboxylic acids is 3. The van der Waals surface area contributed by atoms with Gasteiger partial charge in [0.2, 0.25) is 0 Å². The number of hydrogen-bond donors (Lipinski definition) is 0. The summed E-state index contributed by atoms with van der Waals surface area (Å²) in [5, 5.41) is 0. The van der Waals surface area contributed by atoms with Crippen LogP contribution in [0, 0.1) is 5.92 Å². The van der Waals surface area contributed by atoms with Gasteiger partial charge in [-0.25, -0.2) is 0 Å². The molecule has 0 amide bonds. The van der Waals surface area contributed by atoms with Gasteiger partial charge in [0.05, 0.1) is 7.11 Å². The van der Waals surface area contributed by atoms with E-state index in [1.807, 2.05) is 0 Å². The van der Waals surface area contributed by atoms with E-state index >= 15 is 0 Å². The number of hydrogen-bond acceptors (Lipinski definition) is 4. The van der Waals surface area contributed by atoms with E-state index < -0.39 is 11.9 Å². The molecule has 0 N–H and O–H groups in total. The van der Waals surface area contributed by atoms with Gasteiger partial charge in [0.25, 0.3) is 0 Å². The van der Waals surface area contributed by atoms with E-state index in [2.05, 4.69) is 4.74 Å². The number of esters is 1. The minimum atomic E-state index is -0.933. The smallest absolute Gasteiger partial charge is 0.316 e. The third kappa shape index (κ3) is 3.50. The highest BCUT2D eigenvalue weighted by atomic mass is 16.5. The minimum absolute atomic E-state index is 0.0732. The molecule has 0 aromatic heterocycles. The van der Waals surface area contributed by atoms with Gasteiger partial charge in [-0.15, -0.1) is 0 Å². The quantitative estimate of drug-likeness (QED) is 0.327. The number of methoxy groups -OCH3 is 1. The fourth-order valence-corrected chi connectivity index (χ4v) is 0.648. The van der Waals surface area contributed by atoms with Gasteiger partial charge in [-0.3, -0.25) is 9.59 Å². The first kappa shape index (κ1) is 9.81. The Kier molecular flexibility index (Phi) is 4.10. The fraction of sp³-hybridized carbons (Fsp3) is 0.571. The van der Waals surface area contributed by atoms with Gasteiger partial charge >= 0.3 is 5.97 Å². The van der Waals surface area contributed by atoms with Crippen molar-refractivity contribution < 1.29 is 19.1 Å². The number of rotatable bonds is 4. The summed E-state index contributed by atoms with van der Waals surface area (Å²) in [6, 6.07) is 0. The first-order valence-corrected chi connectivity index (χ1v) is 3.14. The minimum Gasteiger partial charge on any atom is -0.468 e. The Balaban J connectivity index is 4.05. The summed E-state index contributed by atoms with van der Waals surface area (Å²) < 4.78 is 4.28. The van der Waals surface area contributed by atoms with Gasteiger partial charge < -0.3 is 9.53 Å². The molecule has 62 valence electrons. The Hall–Kier alpha value is -1.19. The van der Waals surface area contributed by atoms with E-state index in [1.165, 1.54) is 14.0 Å². The summed E-state index contributed by atoms with van der Waals surface area (Å²) in [5.74, 6) is -1.79. The summed E-state index contributed by atoms with van der Waals surface area (Å²) in [7, 11) is 1.18. The van der Waals surface area contributed by atoms with Crippen molar-refractivity contribution in [1.82, 2.24) is 0 Å². The largest absolute Gasteiger partial charge is 0.468 e. The van der Waals surface area contributed by atoms with Crippen LogP contribution >= 0.6 is 0 Å². The van der Waals surface area contributed by atoms with Crippen molar-refractivity contribution in [3.63, 3.8) is 0 Å². The maximum absolute atomic E-state index is 10.7. The van der Waals surface area contributed by atoms with Gasteiger partial charge in [0, 0.05) is 6.42 Å². The summed E-state index contributed by atoms with van der Waals surface area (Å²) in [5.41, 5.74) is 0. The third-order valence-electron chi connectivity index (χ3n) is 1.18. The Labute approximate surface area is 64.5 Å². The first-order valence-electron chi connectivity index (χ1n) is 3.14. The molecule has 0 heterocycles. The Morgan fingerprint density at radius 1 is 1.55 bits per heavy atom. The van der Waals surface area contributed by atoms with Crippen LogP contribution < -0.4 is 0 Å². The maximum atomic E-state index is 10.7. The fourth-order valence-electron chi connectivity index (χ4n) is 0.648. The summed E-state index contributed by atoms with van der Waals surface area (Å²) in [6.07, 6.45) is 0.351. The van der Waals surface area contributed by atoms with Gasteiger partial charge in [-0.1, -0.05) is 0 Å². The highest BCUT2D eigenvalue weighted by molar-refractivity contribution is 5.93. The van der Waals surface area contributed by atoms with Gasteiger partial charge in [-0.05, 0) is 6.92 Å². The zero-order chi connectivity index (χ0) is 8.85. The van der Waals surface area contributed by atoms with Crippen LogP contribution in [0.4, 0.5) is 0 Å². The van der Waals surface area contributed by atoms with Crippen LogP contribution in [0.1, 0.15) is 13.3 Å². The molecule has 0 aromatic rings. The molecule has 0 saturated carbocycles. The summed E-state index contributed by atoms with van der Waals surface area (Å²) in [6.45, 7) is 1.32. The highest BCUT2D eigenvalue weighted by Crippen LogP contribution is 2.01. The van der Waals surface area contributed by atoms with Crippen molar-refractivity contribution in [3.8, 4) is 0 Å². The van der Waals surface area contributed by atoms with E-state index in [0.29, 0.717) is 6.29 Å². The Morgan fingerprint density at radius 3 is 2.36 bits per heavy atom. The molecule has 1 atom stereocenters. The van der Waals surface area contributed by atoms with E-state index in [0.717, 1.165) is 0 Å².